The van der Waals surface area contributed by atoms with Crippen LogP contribution in [0.15, 0.2) is 48.5 Å². The molecule has 0 radical (unpaired) electrons. The largest absolute Gasteiger partial charge is 0.338 e. The molecular weight excluding hydrogens is 354 g/mol. The molecule has 1 atom stereocenters. The number of nitriles is 1. The van der Waals surface area contributed by atoms with Gasteiger partial charge in [0.2, 0.25) is 0 Å². The Bertz CT molecular complexity index is 891. The van der Waals surface area contributed by atoms with Crippen LogP contribution in [0.5, 0.6) is 0 Å². The summed E-state index contributed by atoms with van der Waals surface area (Å²) >= 11 is 0. The van der Waals surface area contributed by atoms with Gasteiger partial charge in [-0.1, -0.05) is 36.4 Å². The van der Waals surface area contributed by atoms with E-state index in [0.717, 1.165) is 23.2 Å². The van der Waals surface area contributed by atoms with Crippen molar-refractivity contribution in [3.8, 4) is 6.07 Å². The average Bonchev–Trinajstić information content (AvgIpc) is 3.12. The van der Waals surface area contributed by atoms with Gasteiger partial charge in [0.15, 0.2) is 0 Å². The maximum Gasteiger partial charge on any atom is 0.321 e. The number of anilines is 2. The Kier molecular flexibility index (Phi) is 6.12. The molecule has 0 bridgehead atoms. The summed E-state index contributed by atoms with van der Waals surface area (Å²) < 4.78 is 0. The van der Waals surface area contributed by atoms with E-state index in [0.29, 0.717) is 18.8 Å². The van der Waals surface area contributed by atoms with E-state index >= 15 is 0 Å². The average molecular weight is 377 g/mol. The number of nitrogens with zero attached hydrogens (tertiary/aromatic N) is 2. The molecule has 144 valence electrons. The topological polar surface area (TPSA) is 97.3 Å². The predicted molar refractivity (Wildman–Crippen MR) is 108 cm³/mol. The Morgan fingerprint density at radius 3 is 2.71 bits per heavy atom. The summed E-state index contributed by atoms with van der Waals surface area (Å²) in [5, 5.41) is 17.5. The van der Waals surface area contributed by atoms with Crippen LogP contribution in [0, 0.1) is 11.3 Å². The SMILES string of the molecule is CCNC(=O)N1CCc2ccc(NC(=O)NC(CC#N)c3ccccc3)cc21. The first kappa shape index (κ1) is 19.2. The Balaban J connectivity index is 1.70. The maximum absolute atomic E-state index is 12.5. The monoisotopic (exact) mass is 377 g/mol. The van der Waals surface area contributed by atoms with Gasteiger partial charge in [0, 0.05) is 18.8 Å². The zero-order valence-electron chi connectivity index (χ0n) is 15.7. The van der Waals surface area contributed by atoms with Crippen molar-refractivity contribution in [2.75, 3.05) is 23.3 Å². The van der Waals surface area contributed by atoms with Crippen molar-refractivity contribution in [2.45, 2.75) is 25.8 Å². The van der Waals surface area contributed by atoms with E-state index in [2.05, 4.69) is 22.0 Å². The van der Waals surface area contributed by atoms with Crippen molar-refractivity contribution in [3.05, 3.63) is 59.7 Å². The highest BCUT2D eigenvalue weighted by molar-refractivity contribution is 5.96. The lowest BCUT2D eigenvalue weighted by atomic mass is 10.0. The van der Waals surface area contributed by atoms with Gasteiger partial charge in [0.05, 0.1) is 24.2 Å². The standard InChI is InChI=1S/C21H23N5O2/c1-2-23-21(28)26-13-11-16-8-9-17(14-19(16)26)24-20(27)25-18(10-12-22)15-6-4-3-5-7-15/h3-9,14,18H,2,10-11,13H2,1H3,(H,23,28)(H2,24,25,27). The van der Waals surface area contributed by atoms with Crippen molar-refractivity contribution in [3.63, 3.8) is 0 Å². The third-order valence-electron chi connectivity index (χ3n) is 4.61. The van der Waals surface area contributed by atoms with Crippen molar-refractivity contribution in [1.29, 1.82) is 5.26 Å². The predicted octanol–water partition coefficient (Wildman–Crippen LogP) is 3.56. The van der Waals surface area contributed by atoms with Gasteiger partial charge in [-0.2, -0.15) is 5.26 Å². The van der Waals surface area contributed by atoms with Crippen molar-refractivity contribution in [2.24, 2.45) is 0 Å². The summed E-state index contributed by atoms with van der Waals surface area (Å²) in [5.74, 6) is 0. The molecule has 28 heavy (non-hydrogen) atoms. The molecule has 2 aromatic carbocycles. The van der Waals surface area contributed by atoms with Crippen molar-refractivity contribution in [1.82, 2.24) is 10.6 Å². The quantitative estimate of drug-likeness (QED) is 0.743. The minimum Gasteiger partial charge on any atom is -0.338 e. The normalized spacial score (nSPS) is 13.2. The van der Waals surface area contributed by atoms with E-state index in [1.165, 1.54) is 0 Å². The van der Waals surface area contributed by atoms with Crippen molar-refractivity contribution < 1.29 is 9.59 Å². The van der Waals surface area contributed by atoms with Gasteiger partial charge in [-0.25, -0.2) is 9.59 Å². The van der Waals surface area contributed by atoms with E-state index < -0.39 is 12.1 Å². The third-order valence-corrected chi connectivity index (χ3v) is 4.61. The fourth-order valence-corrected chi connectivity index (χ4v) is 3.27. The van der Waals surface area contributed by atoms with Crippen molar-refractivity contribution >= 4 is 23.4 Å². The van der Waals surface area contributed by atoms with Crippen LogP contribution in [0.3, 0.4) is 0 Å². The third kappa shape index (κ3) is 4.41. The molecule has 2 aromatic rings. The molecule has 1 aliphatic heterocycles. The lowest BCUT2D eigenvalue weighted by Gasteiger charge is -2.19. The maximum atomic E-state index is 12.5. The molecule has 7 nitrogen and oxygen atoms in total. The van der Waals surface area contributed by atoms with Crippen LogP contribution in [-0.2, 0) is 6.42 Å². The zero-order valence-corrected chi connectivity index (χ0v) is 15.7. The first-order valence-electron chi connectivity index (χ1n) is 9.30. The molecule has 1 heterocycles. The Morgan fingerprint density at radius 1 is 1.21 bits per heavy atom. The summed E-state index contributed by atoms with van der Waals surface area (Å²) in [6, 6.07) is 16.1. The van der Waals surface area contributed by atoms with E-state index in [9.17, 15) is 9.59 Å². The molecule has 1 aliphatic rings. The second-order valence-corrected chi connectivity index (χ2v) is 6.50. The zero-order chi connectivity index (χ0) is 19.9. The van der Waals surface area contributed by atoms with Crippen LogP contribution in [-0.4, -0.2) is 25.2 Å². The summed E-state index contributed by atoms with van der Waals surface area (Å²) in [7, 11) is 0. The molecule has 0 aliphatic carbocycles. The van der Waals surface area contributed by atoms with Gasteiger partial charge in [-0.3, -0.25) is 4.90 Å². The van der Waals surface area contributed by atoms with Gasteiger partial charge in [0.25, 0.3) is 0 Å². The lowest BCUT2D eigenvalue weighted by Crippen LogP contribution is -2.38. The molecule has 0 spiro atoms. The smallest absolute Gasteiger partial charge is 0.321 e. The highest BCUT2D eigenvalue weighted by Crippen LogP contribution is 2.31. The van der Waals surface area contributed by atoms with Crippen LogP contribution in [0.2, 0.25) is 0 Å². The van der Waals surface area contributed by atoms with Gasteiger partial charge in [-0.15, -0.1) is 0 Å². The highest BCUT2D eigenvalue weighted by atomic mass is 16.2. The number of benzene rings is 2. The number of carbonyl (C=O) groups is 2. The number of rotatable bonds is 5. The number of urea groups is 2. The summed E-state index contributed by atoms with van der Waals surface area (Å²) in [6.07, 6.45) is 0.962. The van der Waals surface area contributed by atoms with E-state index in [1.807, 2.05) is 49.4 Å². The molecule has 0 saturated carbocycles. The van der Waals surface area contributed by atoms with Crippen LogP contribution >= 0.6 is 0 Å². The number of hydrogen-bond acceptors (Lipinski definition) is 3. The molecule has 3 N–H and O–H groups in total. The number of amides is 4. The summed E-state index contributed by atoms with van der Waals surface area (Å²) in [4.78, 5) is 26.3. The molecule has 4 amide bonds. The number of nitrogens with one attached hydrogen (secondary N) is 3. The molecule has 3 rings (SSSR count). The Morgan fingerprint density at radius 2 is 2.00 bits per heavy atom. The number of carbonyl (C=O) groups excluding carboxylic acids is 2. The first-order valence-corrected chi connectivity index (χ1v) is 9.30. The minimum atomic E-state index is -0.397. The number of fused-ring (bicyclic) bond motifs is 1. The van der Waals surface area contributed by atoms with Crippen LogP contribution < -0.4 is 20.9 Å². The molecule has 0 saturated heterocycles. The van der Waals surface area contributed by atoms with E-state index in [4.69, 9.17) is 5.26 Å². The Hall–Kier alpha value is -3.53. The fraction of sp³-hybridized carbons (Fsp3) is 0.286. The molecule has 1 unspecified atom stereocenters. The second kappa shape index (κ2) is 8.91. The van der Waals surface area contributed by atoms with Crippen LogP contribution in [0.1, 0.15) is 30.5 Å². The molecule has 7 heteroatoms. The second-order valence-electron chi connectivity index (χ2n) is 6.50. The minimum absolute atomic E-state index is 0.138. The molecule has 0 aromatic heterocycles. The van der Waals surface area contributed by atoms with Crippen LogP contribution in [0.25, 0.3) is 0 Å². The van der Waals surface area contributed by atoms with Gasteiger partial charge >= 0.3 is 12.1 Å². The summed E-state index contributed by atoms with van der Waals surface area (Å²) in [6.45, 7) is 3.06. The van der Waals surface area contributed by atoms with Gasteiger partial charge in [0.1, 0.15) is 0 Å². The first-order chi connectivity index (χ1) is 13.6. The van der Waals surface area contributed by atoms with E-state index in [-0.39, 0.29) is 12.5 Å². The molecule has 0 fully saturated rings. The Labute approximate surface area is 164 Å². The van der Waals surface area contributed by atoms with Gasteiger partial charge < -0.3 is 16.0 Å². The fourth-order valence-electron chi connectivity index (χ4n) is 3.27. The van der Waals surface area contributed by atoms with Gasteiger partial charge in [-0.05, 0) is 36.6 Å². The lowest BCUT2D eigenvalue weighted by molar-refractivity contribution is 0.247. The number of hydrogen-bond donors (Lipinski definition) is 3. The highest BCUT2D eigenvalue weighted by Gasteiger charge is 2.24. The molecular formula is C21H23N5O2. The summed E-state index contributed by atoms with van der Waals surface area (Å²) in [5.41, 5.74) is 3.34. The van der Waals surface area contributed by atoms with Crippen LogP contribution in [0.4, 0.5) is 21.0 Å². The van der Waals surface area contributed by atoms with E-state index in [1.54, 1.807) is 11.0 Å².